The largest absolute Gasteiger partial charge is 0.399 e. The van der Waals surface area contributed by atoms with E-state index in [0.717, 1.165) is 28.1 Å². The number of carbonyl (C=O) groups excluding carboxylic acids is 1. The molecule has 0 unspecified atom stereocenters. The number of aryl methyl sites for hydroxylation is 2. The molecule has 3 aromatic rings. The molecular formula is C21H22N6O. The first-order valence-corrected chi connectivity index (χ1v) is 9.04. The van der Waals surface area contributed by atoms with Gasteiger partial charge in [-0.1, -0.05) is 18.2 Å². The summed E-state index contributed by atoms with van der Waals surface area (Å²) in [5.74, 6) is 1.05. The van der Waals surface area contributed by atoms with Crippen LogP contribution in [0.5, 0.6) is 0 Å². The molecule has 0 spiro atoms. The standard InChI is InChI=1S/C21H22N6O/c1-13-5-4-6-14(2)18(13)27-12-15-11-23-20(25-19(15)26(3)21(27)28)24-17-9-7-16(22)8-10-17/h4-11H,12,22H2,1-3H3,(H,23,24,25). The number of fused-ring (bicyclic) bond motifs is 1. The number of aromatic nitrogens is 2. The normalized spacial score (nSPS) is 13.5. The van der Waals surface area contributed by atoms with Gasteiger partial charge < -0.3 is 11.1 Å². The first-order valence-electron chi connectivity index (χ1n) is 9.04. The molecule has 2 aromatic carbocycles. The molecule has 0 saturated carbocycles. The first kappa shape index (κ1) is 17.8. The fourth-order valence-electron chi connectivity index (χ4n) is 3.47. The van der Waals surface area contributed by atoms with Gasteiger partial charge in [-0.25, -0.2) is 9.78 Å². The van der Waals surface area contributed by atoms with Crippen molar-refractivity contribution in [3.05, 3.63) is 65.4 Å². The highest BCUT2D eigenvalue weighted by atomic mass is 16.2. The number of nitrogen functional groups attached to an aromatic ring is 1. The summed E-state index contributed by atoms with van der Waals surface area (Å²) in [6.07, 6.45) is 1.77. The number of hydrogen-bond acceptors (Lipinski definition) is 5. The van der Waals surface area contributed by atoms with Crippen molar-refractivity contribution in [1.82, 2.24) is 9.97 Å². The van der Waals surface area contributed by atoms with Crippen LogP contribution in [0.4, 0.5) is 33.6 Å². The molecule has 142 valence electrons. The second kappa shape index (κ2) is 6.84. The van der Waals surface area contributed by atoms with Crippen LogP contribution in [0, 0.1) is 13.8 Å². The summed E-state index contributed by atoms with van der Waals surface area (Å²) in [7, 11) is 1.74. The number of hydrogen-bond donors (Lipinski definition) is 2. The van der Waals surface area contributed by atoms with Crippen molar-refractivity contribution < 1.29 is 4.79 Å². The Hall–Kier alpha value is -3.61. The number of nitrogens with one attached hydrogen (secondary N) is 1. The lowest BCUT2D eigenvalue weighted by Crippen LogP contribution is -2.46. The smallest absolute Gasteiger partial charge is 0.330 e. The van der Waals surface area contributed by atoms with Crippen molar-refractivity contribution >= 4 is 34.9 Å². The Bertz CT molecular complexity index is 1030. The highest BCUT2D eigenvalue weighted by Gasteiger charge is 2.32. The number of carbonyl (C=O) groups is 1. The molecule has 0 atom stereocenters. The maximum Gasteiger partial charge on any atom is 0.330 e. The van der Waals surface area contributed by atoms with Crippen molar-refractivity contribution in [2.24, 2.45) is 0 Å². The molecule has 2 amide bonds. The van der Waals surface area contributed by atoms with E-state index in [1.54, 1.807) is 35.2 Å². The maximum absolute atomic E-state index is 13.1. The van der Waals surface area contributed by atoms with E-state index in [1.165, 1.54) is 0 Å². The minimum absolute atomic E-state index is 0.109. The van der Waals surface area contributed by atoms with Gasteiger partial charge in [-0.3, -0.25) is 9.80 Å². The van der Waals surface area contributed by atoms with Crippen LogP contribution in [0.15, 0.2) is 48.7 Å². The van der Waals surface area contributed by atoms with E-state index in [4.69, 9.17) is 5.73 Å². The first-order chi connectivity index (χ1) is 13.4. The molecule has 3 N–H and O–H groups in total. The Morgan fingerprint density at radius 1 is 1.07 bits per heavy atom. The topological polar surface area (TPSA) is 87.4 Å². The second-order valence-electron chi connectivity index (χ2n) is 6.96. The van der Waals surface area contributed by atoms with Crippen LogP contribution in [-0.2, 0) is 6.54 Å². The van der Waals surface area contributed by atoms with Crippen LogP contribution in [0.3, 0.4) is 0 Å². The molecule has 4 rings (SSSR count). The average Bonchev–Trinajstić information content (AvgIpc) is 2.68. The minimum atomic E-state index is -0.109. The molecule has 28 heavy (non-hydrogen) atoms. The van der Waals surface area contributed by atoms with Crippen LogP contribution in [-0.4, -0.2) is 23.0 Å². The lowest BCUT2D eigenvalue weighted by Gasteiger charge is -2.35. The Morgan fingerprint density at radius 3 is 2.43 bits per heavy atom. The van der Waals surface area contributed by atoms with E-state index >= 15 is 0 Å². The number of rotatable bonds is 3. The lowest BCUT2D eigenvalue weighted by molar-refractivity contribution is 0.251. The summed E-state index contributed by atoms with van der Waals surface area (Å²) in [6, 6.07) is 13.2. The summed E-state index contributed by atoms with van der Waals surface area (Å²) in [5.41, 5.74) is 11.2. The molecule has 0 bridgehead atoms. The minimum Gasteiger partial charge on any atom is -0.399 e. The molecule has 1 aliphatic rings. The van der Waals surface area contributed by atoms with Crippen LogP contribution in [0.1, 0.15) is 16.7 Å². The third kappa shape index (κ3) is 3.11. The molecular weight excluding hydrogens is 352 g/mol. The molecule has 0 fully saturated rings. The zero-order valence-corrected chi connectivity index (χ0v) is 16.1. The molecule has 2 heterocycles. The van der Waals surface area contributed by atoms with Crippen LogP contribution in [0.25, 0.3) is 0 Å². The van der Waals surface area contributed by atoms with Crippen LogP contribution in [0.2, 0.25) is 0 Å². The predicted molar refractivity (Wildman–Crippen MR) is 112 cm³/mol. The lowest BCUT2D eigenvalue weighted by atomic mass is 10.1. The fraction of sp³-hybridized carbons (Fsp3) is 0.190. The number of nitrogens with zero attached hydrogens (tertiary/aromatic N) is 4. The number of urea groups is 1. The summed E-state index contributed by atoms with van der Waals surface area (Å²) in [4.78, 5) is 25.4. The number of para-hydroxylation sites is 1. The molecule has 0 saturated heterocycles. The molecule has 0 radical (unpaired) electrons. The van der Waals surface area contributed by atoms with Crippen molar-refractivity contribution in [2.45, 2.75) is 20.4 Å². The highest BCUT2D eigenvalue weighted by Crippen LogP contribution is 2.33. The third-order valence-corrected chi connectivity index (χ3v) is 4.88. The van der Waals surface area contributed by atoms with Gasteiger partial charge >= 0.3 is 6.03 Å². The van der Waals surface area contributed by atoms with Gasteiger partial charge in [0.2, 0.25) is 5.95 Å². The Kier molecular flexibility index (Phi) is 4.35. The van der Waals surface area contributed by atoms with Gasteiger partial charge in [0, 0.05) is 30.2 Å². The van der Waals surface area contributed by atoms with Crippen LogP contribution < -0.4 is 20.9 Å². The molecule has 1 aromatic heterocycles. The zero-order valence-electron chi connectivity index (χ0n) is 16.1. The van der Waals surface area contributed by atoms with E-state index in [1.807, 2.05) is 44.2 Å². The van der Waals surface area contributed by atoms with Crippen molar-refractivity contribution in [1.29, 1.82) is 0 Å². The van der Waals surface area contributed by atoms with E-state index in [-0.39, 0.29) is 6.03 Å². The van der Waals surface area contributed by atoms with Gasteiger partial charge in [0.05, 0.1) is 12.2 Å². The van der Waals surface area contributed by atoms with E-state index in [0.29, 0.717) is 24.0 Å². The fourth-order valence-corrected chi connectivity index (χ4v) is 3.47. The second-order valence-corrected chi connectivity index (χ2v) is 6.96. The van der Waals surface area contributed by atoms with Crippen molar-refractivity contribution in [3.8, 4) is 0 Å². The quantitative estimate of drug-likeness (QED) is 0.677. The Labute approximate surface area is 163 Å². The van der Waals surface area contributed by atoms with E-state index < -0.39 is 0 Å². The predicted octanol–water partition coefficient (Wildman–Crippen LogP) is 4.00. The SMILES string of the molecule is Cc1cccc(C)c1N1Cc2cnc(Nc3ccc(N)cc3)nc2N(C)C1=O. The Morgan fingerprint density at radius 2 is 1.75 bits per heavy atom. The molecule has 1 aliphatic heterocycles. The Balaban J connectivity index is 1.66. The third-order valence-electron chi connectivity index (χ3n) is 4.88. The monoisotopic (exact) mass is 374 g/mol. The number of amides is 2. The summed E-state index contributed by atoms with van der Waals surface area (Å²) in [6.45, 7) is 4.47. The van der Waals surface area contributed by atoms with Crippen LogP contribution >= 0.6 is 0 Å². The summed E-state index contributed by atoms with van der Waals surface area (Å²) < 4.78 is 0. The molecule has 0 aliphatic carbocycles. The number of anilines is 5. The van der Waals surface area contributed by atoms with E-state index in [9.17, 15) is 4.79 Å². The summed E-state index contributed by atoms with van der Waals surface area (Å²) in [5, 5.41) is 3.15. The van der Waals surface area contributed by atoms with Crippen molar-refractivity contribution in [2.75, 3.05) is 27.9 Å². The van der Waals surface area contributed by atoms with Gasteiger partial charge in [-0.15, -0.1) is 0 Å². The van der Waals surface area contributed by atoms with Gasteiger partial charge in [-0.2, -0.15) is 4.98 Å². The number of nitrogens with two attached hydrogens (primary N) is 1. The average molecular weight is 374 g/mol. The van der Waals surface area contributed by atoms with Gasteiger partial charge in [0.15, 0.2) is 0 Å². The summed E-state index contributed by atoms with van der Waals surface area (Å²) >= 11 is 0. The zero-order chi connectivity index (χ0) is 19.8. The van der Waals surface area contributed by atoms with Crippen molar-refractivity contribution in [3.63, 3.8) is 0 Å². The number of benzene rings is 2. The maximum atomic E-state index is 13.1. The van der Waals surface area contributed by atoms with Gasteiger partial charge in [-0.05, 0) is 49.2 Å². The molecule has 7 heteroatoms. The van der Waals surface area contributed by atoms with Gasteiger partial charge in [0.1, 0.15) is 5.82 Å². The van der Waals surface area contributed by atoms with Gasteiger partial charge in [0.25, 0.3) is 0 Å². The van der Waals surface area contributed by atoms with E-state index in [2.05, 4.69) is 15.3 Å². The highest BCUT2D eigenvalue weighted by molar-refractivity contribution is 6.05. The molecule has 7 nitrogen and oxygen atoms in total.